The molecule has 0 saturated heterocycles. The van der Waals surface area contributed by atoms with Gasteiger partial charge in [-0.25, -0.2) is 0 Å². The molecule has 3 rings (SSSR count). The van der Waals surface area contributed by atoms with Gasteiger partial charge in [0, 0.05) is 23.1 Å². The molecule has 0 aromatic heterocycles. The van der Waals surface area contributed by atoms with Gasteiger partial charge >= 0.3 is 0 Å². The number of hydrogen-bond acceptors (Lipinski definition) is 3. The summed E-state index contributed by atoms with van der Waals surface area (Å²) >= 11 is 3.71. The number of fused-ring (bicyclic) bond motifs is 1. The molecule has 21 heavy (non-hydrogen) atoms. The largest absolute Gasteiger partial charge is 0.491 e. The van der Waals surface area contributed by atoms with Crippen molar-refractivity contribution in [1.29, 1.82) is 0 Å². The van der Waals surface area contributed by atoms with Crippen LogP contribution in [0.15, 0.2) is 46.9 Å². The van der Waals surface area contributed by atoms with E-state index in [1.807, 2.05) is 19.2 Å². The molecule has 2 aromatic rings. The van der Waals surface area contributed by atoms with Crippen molar-refractivity contribution in [2.75, 3.05) is 25.1 Å². The lowest BCUT2D eigenvalue weighted by Crippen LogP contribution is -2.25. The average Bonchev–Trinajstić information content (AvgIpc) is 2.70. The van der Waals surface area contributed by atoms with Crippen molar-refractivity contribution in [2.45, 2.75) is 13.1 Å². The third-order valence-corrected chi connectivity index (χ3v) is 4.32. The van der Waals surface area contributed by atoms with Gasteiger partial charge in [-0.2, -0.15) is 0 Å². The molecule has 0 atom stereocenters. The summed E-state index contributed by atoms with van der Waals surface area (Å²) in [6, 6.07) is 14.8. The van der Waals surface area contributed by atoms with Gasteiger partial charge in [0.15, 0.2) is 0 Å². The van der Waals surface area contributed by atoms with Gasteiger partial charge in [-0.3, -0.25) is 0 Å². The van der Waals surface area contributed by atoms with Crippen LogP contribution in [0, 0.1) is 0 Å². The van der Waals surface area contributed by atoms with Crippen molar-refractivity contribution < 1.29 is 4.74 Å². The van der Waals surface area contributed by atoms with E-state index in [9.17, 15) is 0 Å². The third-order valence-electron chi connectivity index (χ3n) is 3.69. The second-order valence-electron chi connectivity index (χ2n) is 5.19. The Balaban J connectivity index is 1.87. The van der Waals surface area contributed by atoms with Crippen molar-refractivity contribution in [1.82, 2.24) is 5.32 Å². The van der Waals surface area contributed by atoms with Gasteiger partial charge in [-0.1, -0.05) is 24.3 Å². The van der Waals surface area contributed by atoms with E-state index in [0.717, 1.165) is 29.9 Å². The van der Waals surface area contributed by atoms with Crippen molar-refractivity contribution in [3.63, 3.8) is 0 Å². The molecule has 0 bridgehead atoms. The van der Waals surface area contributed by atoms with Gasteiger partial charge in [-0.15, -0.1) is 0 Å². The summed E-state index contributed by atoms with van der Waals surface area (Å²) in [4.78, 5) is 2.36. The number of halogens is 1. The number of benzene rings is 2. The Bertz CT molecular complexity index is 630. The lowest BCUT2D eigenvalue weighted by atomic mass is 10.1. The molecule has 0 fully saturated rings. The highest BCUT2D eigenvalue weighted by Crippen LogP contribution is 2.31. The molecule has 1 aliphatic heterocycles. The Morgan fingerprint density at radius 2 is 2.10 bits per heavy atom. The van der Waals surface area contributed by atoms with Crippen molar-refractivity contribution in [3.8, 4) is 5.75 Å². The molecule has 0 saturated carbocycles. The van der Waals surface area contributed by atoms with Gasteiger partial charge in [0.05, 0.1) is 12.2 Å². The van der Waals surface area contributed by atoms with Gasteiger partial charge in [0.2, 0.25) is 0 Å². The highest BCUT2D eigenvalue weighted by molar-refractivity contribution is 9.10. The summed E-state index contributed by atoms with van der Waals surface area (Å²) in [5.41, 5.74) is 3.73. The van der Waals surface area contributed by atoms with E-state index in [1.54, 1.807) is 0 Å². The SMILES string of the molecule is CNCc1ccc(N2CCOc3ccccc3C2)c(Br)c1. The van der Waals surface area contributed by atoms with E-state index in [0.29, 0.717) is 6.61 Å². The maximum atomic E-state index is 5.84. The Morgan fingerprint density at radius 1 is 1.24 bits per heavy atom. The highest BCUT2D eigenvalue weighted by atomic mass is 79.9. The van der Waals surface area contributed by atoms with Crippen LogP contribution in [0.5, 0.6) is 5.75 Å². The summed E-state index contributed by atoms with van der Waals surface area (Å²) in [5, 5.41) is 3.18. The first-order valence-corrected chi connectivity index (χ1v) is 7.96. The Labute approximate surface area is 134 Å². The van der Waals surface area contributed by atoms with E-state index in [-0.39, 0.29) is 0 Å². The van der Waals surface area contributed by atoms with Crippen molar-refractivity contribution in [3.05, 3.63) is 58.1 Å². The van der Waals surface area contributed by atoms with Gasteiger partial charge < -0.3 is 15.0 Å². The number of hydrogen-bond donors (Lipinski definition) is 1. The zero-order valence-corrected chi connectivity index (χ0v) is 13.7. The fourth-order valence-electron chi connectivity index (χ4n) is 2.65. The molecule has 3 nitrogen and oxygen atoms in total. The minimum absolute atomic E-state index is 0.710. The normalized spacial score (nSPS) is 14.3. The van der Waals surface area contributed by atoms with Gasteiger partial charge in [0.1, 0.15) is 12.4 Å². The van der Waals surface area contributed by atoms with Crippen LogP contribution in [0.25, 0.3) is 0 Å². The smallest absolute Gasteiger partial charge is 0.124 e. The van der Waals surface area contributed by atoms with Crippen LogP contribution < -0.4 is 15.0 Å². The molecule has 0 unspecified atom stereocenters. The molecule has 1 aliphatic rings. The minimum Gasteiger partial charge on any atom is -0.491 e. The molecule has 2 aromatic carbocycles. The first-order chi connectivity index (χ1) is 10.3. The van der Waals surface area contributed by atoms with Crippen LogP contribution in [0.1, 0.15) is 11.1 Å². The number of anilines is 1. The van der Waals surface area contributed by atoms with Gasteiger partial charge in [-0.05, 0) is 46.7 Å². The van der Waals surface area contributed by atoms with Crippen LogP contribution in [-0.4, -0.2) is 20.2 Å². The number of nitrogens with one attached hydrogen (secondary N) is 1. The summed E-state index contributed by atoms with van der Waals surface area (Å²) in [7, 11) is 1.96. The van der Waals surface area contributed by atoms with Crippen LogP contribution >= 0.6 is 15.9 Å². The second-order valence-corrected chi connectivity index (χ2v) is 6.05. The maximum Gasteiger partial charge on any atom is 0.124 e. The fraction of sp³-hybridized carbons (Fsp3) is 0.294. The molecule has 1 heterocycles. The van der Waals surface area contributed by atoms with E-state index in [2.05, 4.69) is 56.5 Å². The molecule has 0 radical (unpaired) electrons. The molecule has 110 valence electrons. The maximum absolute atomic E-state index is 5.84. The average molecular weight is 347 g/mol. The topological polar surface area (TPSA) is 24.5 Å². The first-order valence-electron chi connectivity index (χ1n) is 7.16. The molecule has 0 spiro atoms. The molecule has 1 N–H and O–H groups in total. The van der Waals surface area contributed by atoms with Crippen molar-refractivity contribution >= 4 is 21.6 Å². The van der Waals surface area contributed by atoms with E-state index in [4.69, 9.17) is 4.74 Å². The summed E-state index contributed by atoms with van der Waals surface area (Å²) in [6.07, 6.45) is 0. The zero-order chi connectivity index (χ0) is 14.7. The van der Waals surface area contributed by atoms with E-state index < -0.39 is 0 Å². The molecule has 4 heteroatoms. The molecular formula is C17H19BrN2O. The van der Waals surface area contributed by atoms with Crippen LogP contribution in [0.2, 0.25) is 0 Å². The van der Waals surface area contributed by atoms with Crippen LogP contribution in [0.4, 0.5) is 5.69 Å². The quantitative estimate of drug-likeness (QED) is 0.919. The standard InChI is InChI=1S/C17H19BrN2O/c1-19-11-13-6-7-16(15(18)10-13)20-8-9-21-17-5-3-2-4-14(17)12-20/h2-7,10,19H,8-9,11-12H2,1H3. The summed E-state index contributed by atoms with van der Waals surface area (Å²) in [6.45, 7) is 3.35. The monoisotopic (exact) mass is 346 g/mol. The summed E-state index contributed by atoms with van der Waals surface area (Å²) < 4.78 is 6.97. The van der Waals surface area contributed by atoms with E-state index in [1.165, 1.54) is 16.8 Å². The summed E-state index contributed by atoms with van der Waals surface area (Å²) in [5.74, 6) is 1.00. The van der Waals surface area contributed by atoms with Crippen molar-refractivity contribution in [2.24, 2.45) is 0 Å². The predicted molar refractivity (Wildman–Crippen MR) is 89.9 cm³/mol. The number of nitrogens with zero attached hydrogens (tertiary/aromatic N) is 1. The van der Waals surface area contributed by atoms with E-state index >= 15 is 0 Å². The minimum atomic E-state index is 0.710. The lowest BCUT2D eigenvalue weighted by molar-refractivity contribution is 0.331. The highest BCUT2D eigenvalue weighted by Gasteiger charge is 2.17. The Kier molecular flexibility index (Phi) is 4.46. The first kappa shape index (κ1) is 14.4. The van der Waals surface area contributed by atoms with Gasteiger partial charge in [0.25, 0.3) is 0 Å². The predicted octanol–water partition coefficient (Wildman–Crippen LogP) is 3.57. The molecule has 0 aliphatic carbocycles. The van der Waals surface area contributed by atoms with Crippen LogP contribution in [0.3, 0.4) is 0 Å². The number of rotatable bonds is 3. The Hall–Kier alpha value is -1.52. The lowest BCUT2D eigenvalue weighted by Gasteiger charge is -2.24. The van der Waals surface area contributed by atoms with Crippen LogP contribution in [-0.2, 0) is 13.1 Å². The molecule has 0 amide bonds. The zero-order valence-electron chi connectivity index (χ0n) is 12.1. The Morgan fingerprint density at radius 3 is 2.90 bits per heavy atom. The number of ether oxygens (including phenoxy) is 1. The second kappa shape index (κ2) is 6.50. The third kappa shape index (κ3) is 3.22. The fourth-order valence-corrected chi connectivity index (χ4v) is 3.33. The molecular weight excluding hydrogens is 328 g/mol. The number of para-hydroxylation sites is 1.